The van der Waals surface area contributed by atoms with Crippen LogP contribution in [0.4, 0.5) is 0 Å². The zero-order chi connectivity index (χ0) is 13.7. The molecule has 3 nitrogen and oxygen atoms in total. The maximum Gasteiger partial charge on any atom is 0.0635 e. The number of hydrogen-bond acceptors (Lipinski definition) is 2. The molecule has 1 aromatic rings. The van der Waals surface area contributed by atoms with Gasteiger partial charge in [-0.25, -0.2) is 0 Å². The van der Waals surface area contributed by atoms with Crippen LogP contribution in [-0.4, -0.2) is 16.3 Å². The Balaban J connectivity index is 1.63. The van der Waals surface area contributed by atoms with Gasteiger partial charge < -0.3 is 5.73 Å². The predicted molar refractivity (Wildman–Crippen MR) is 80.5 cm³/mol. The Morgan fingerprint density at radius 1 is 1.20 bits per heavy atom. The van der Waals surface area contributed by atoms with E-state index >= 15 is 0 Å². The van der Waals surface area contributed by atoms with Crippen LogP contribution < -0.4 is 5.73 Å². The fourth-order valence-electron chi connectivity index (χ4n) is 5.62. The van der Waals surface area contributed by atoms with Crippen molar-refractivity contribution in [3.63, 3.8) is 0 Å². The topological polar surface area (TPSA) is 43.8 Å². The van der Waals surface area contributed by atoms with Crippen molar-refractivity contribution in [2.45, 2.75) is 63.8 Å². The molecule has 0 amide bonds. The summed E-state index contributed by atoms with van der Waals surface area (Å²) >= 11 is 0. The summed E-state index contributed by atoms with van der Waals surface area (Å²) in [6.45, 7) is 2.95. The summed E-state index contributed by atoms with van der Waals surface area (Å²) in [5.41, 5.74) is 8.68. The molecule has 20 heavy (non-hydrogen) atoms. The quantitative estimate of drug-likeness (QED) is 0.916. The summed E-state index contributed by atoms with van der Waals surface area (Å²) in [6.07, 6.45) is 13.2. The average molecular weight is 273 g/mol. The van der Waals surface area contributed by atoms with Crippen molar-refractivity contribution in [3.8, 4) is 0 Å². The normalized spacial score (nSPS) is 38.6. The number of nitrogens with two attached hydrogens (primary N) is 1. The number of hydrogen-bond donors (Lipinski definition) is 1. The molecule has 4 aliphatic rings. The summed E-state index contributed by atoms with van der Waals surface area (Å²) in [7, 11) is 0. The van der Waals surface area contributed by atoms with Gasteiger partial charge in [0.1, 0.15) is 0 Å². The van der Waals surface area contributed by atoms with E-state index in [1.807, 2.05) is 0 Å². The highest BCUT2D eigenvalue weighted by molar-refractivity contribution is 5.18. The molecule has 0 saturated heterocycles. The van der Waals surface area contributed by atoms with E-state index in [1.54, 1.807) is 0 Å². The fourth-order valence-corrected chi connectivity index (χ4v) is 5.62. The lowest BCUT2D eigenvalue weighted by Gasteiger charge is -2.56. The van der Waals surface area contributed by atoms with Crippen molar-refractivity contribution >= 4 is 0 Å². The van der Waals surface area contributed by atoms with E-state index in [9.17, 15) is 0 Å². The first-order chi connectivity index (χ1) is 9.68. The molecule has 1 heterocycles. The van der Waals surface area contributed by atoms with E-state index in [0.29, 0.717) is 5.54 Å². The first-order valence-corrected chi connectivity index (χ1v) is 8.44. The van der Waals surface area contributed by atoms with E-state index in [-0.39, 0.29) is 0 Å². The summed E-state index contributed by atoms with van der Waals surface area (Å²) in [6, 6.07) is 0. The number of aromatic nitrogens is 2. The van der Waals surface area contributed by atoms with Gasteiger partial charge in [0, 0.05) is 6.20 Å². The van der Waals surface area contributed by atoms with Gasteiger partial charge in [0.05, 0.1) is 11.2 Å². The van der Waals surface area contributed by atoms with Crippen molar-refractivity contribution < 1.29 is 0 Å². The number of nitrogens with zero attached hydrogens (tertiary/aromatic N) is 2. The molecule has 0 atom stereocenters. The van der Waals surface area contributed by atoms with Gasteiger partial charge in [0.15, 0.2) is 0 Å². The van der Waals surface area contributed by atoms with Gasteiger partial charge in [-0.2, -0.15) is 5.10 Å². The minimum Gasteiger partial charge on any atom is -0.330 e. The van der Waals surface area contributed by atoms with E-state index in [1.165, 1.54) is 49.8 Å². The molecular formula is C17H27N3. The molecular weight excluding hydrogens is 246 g/mol. The smallest absolute Gasteiger partial charge is 0.0635 e. The van der Waals surface area contributed by atoms with Crippen LogP contribution in [0.5, 0.6) is 0 Å². The molecule has 2 N–H and O–H groups in total. The van der Waals surface area contributed by atoms with Gasteiger partial charge in [-0.15, -0.1) is 0 Å². The highest BCUT2D eigenvalue weighted by atomic mass is 15.3. The van der Waals surface area contributed by atoms with Crippen LogP contribution in [0.15, 0.2) is 6.20 Å². The predicted octanol–water partition coefficient (Wildman–Crippen LogP) is 3.01. The third-order valence-electron chi connectivity index (χ3n) is 6.14. The second-order valence-corrected chi connectivity index (χ2v) is 7.72. The van der Waals surface area contributed by atoms with Crippen LogP contribution in [0.3, 0.4) is 0 Å². The molecule has 0 aliphatic heterocycles. The van der Waals surface area contributed by atoms with Crippen molar-refractivity contribution in [3.05, 3.63) is 17.5 Å². The van der Waals surface area contributed by atoms with Crippen LogP contribution in [0.1, 0.15) is 56.2 Å². The molecule has 4 saturated carbocycles. The molecule has 5 rings (SSSR count). The minimum absolute atomic E-state index is 0.375. The summed E-state index contributed by atoms with van der Waals surface area (Å²) in [5, 5.41) is 4.93. The highest BCUT2D eigenvalue weighted by Gasteiger charge is 2.52. The molecule has 0 unspecified atom stereocenters. The lowest BCUT2D eigenvalue weighted by Crippen LogP contribution is -2.52. The Morgan fingerprint density at radius 3 is 2.35 bits per heavy atom. The number of aryl methyl sites for hydroxylation is 2. The average Bonchev–Trinajstić information content (AvgIpc) is 2.77. The Morgan fingerprint density at radius 2 is 1.80 bits per heavy atom. The Bertz CT molecular complexity index is 467. The zero-order valence-corrected chi connectivity index (χ0v) is 12.6. The number of rotatable bonds is 4. The van der Waals surface area contributed by atoms with Crippen LogP contribution in [0, 0.1) is 24.7 Å². The van der Waals surface area contributed by atoms with Crippen molar-refractivity contribution in [1.82, 2.24) is 9.78 Å². The molecule has 4 fully saturated rings. The molecule has 3 heteroatoms. The molecule has 0 aromatic carbocycles. The van der Waals surface area contributed by atoms with Gasteiger partial charge in [-0.05, 0) is 88.2 Å². The van der Waals surface area contributed by atoms with Gasteiger partial charge in [0.2, 0.25) is 0 Å². The third kappa shape index (κ3) is 1.93. The third-order valence-corrected chi connectivity index (χ3v) is 6.14. The van der Waals surface area contributed by atoms with E-state index in [2.05, 4.69) is 17.8 Å². The van der Waals surface area contributed by atoms with Crippen LogP contribution >= 0.6 is 0 Å². The van der Waals surface area contributed by atoms with Crippen molar-refractivity contribution in [2.75, 3.05) is 6.54 Å². The van der Waals surface area contributed by atoms with E-state index in [0.717, 1.165) is 37.1 Å². The second kappa shape index (κ2) is 4.59. The largest absolute Gasteiger partial charge is 0.330 e. The van der Waals surface area contributed by atoms with Crippen LogP contribution in [-0.2, 0) is 12.0 Å². The van der Waals surface area contributed by atoms with Crippen LogP contribution in [0.2, 0.25) is 0 Å². The second-order valence-electron chi connectivity index (χ2n) is 7.72. The Kier molecular flexibility index (Phi) is 2.95. The van der Waals surface area contributed by atoms with Gasteiger partial charge >= 0.3 is 0 Å². The lowest BCUT2D eigenvalue weighted by molar-refractivity contribution is -0.0495. The van der Waals surface area contributed by atoms with E-state index < -0.39 is 0 Å². The van der Waals surface area contributed by atoms with Gasteiger partial charge in [-0.1, -0.05) is 0 Å². The zero-order valence-electron chi connectivity index (χ0n) is 12.6. The van der Waals surface area contributed by atoms with E-state index in [4.69, 9.17) is 10.8 Å². The van der Waals surface area contributed by atoms with Crippen molar-refractivity contribution in [2.24, 2.45) is 23.5 Å². The molecule has 1 aromatic heterocycles. The maximum atomic E-state index is 5.65. The lowest BCUT2D eigenvalue weighted by atomic mass is 9.53. The monoisotopic (exact) mass is 273 g/mol. The maximum absolute atomic E-state index is 5.65. The molecule has 4 bridgehead atoms. The molecule has 0 radical (unpaired) electrons. The molecule has 110 valence electrons. The SMILES string of the molecule is Cc1nn(C23CC4CC(CC(C4)C2)C3)cc1CCCN. The van der Waals surface area contributed by atoms with Gasteiger partial charge in [-0.3, -0.25) is 4.68 Å². The molecule has 0 spiro atoms. The Labute approximate surface area is 121 Å². The molecule has 4 aliphatic carbocycles. The summed E-state index contributed by atoms with van der Waals surface area (Å²) in [4.78, 5) is 0. The minimum atomic E-state index is 0.375. The summed E-state index contributed by atoms with van der Waals surface area (Å²) in [5.74, 6) is 2.95. The standard InChI is InChI=1S/C17H27N3/c1-12-16(3-2-4-18)11-20(19-12)17-8-13-5-14(9-17)7-15(6-13)10-17/h11,13-15H,2-10,18H2,1H3. The van der Waals surface area contributed by atoms with Crippen molar-refractivity contribution in [1.29, 1.82) is 0 Å². The van der Waals surface area contributed by atoms with Gasteiger partial charge in [0.25, 0.3) is 0 Å². The fraction of sp³-hybridized carbons (Fsp3) is 0.824. The first-order valence-electron chi connectivity index (χ1n) is 8.44. The first kappa shape index (κ1) is 12.9. The highest BCUT2D eigenvalue weighted by Crippen LogP contribution is 2.58. The van der Waals surface area contributed by atoms with Crippen LogP contribution in [0.25, 0.3) is 0 Å². The Hall–Kier alpha value is -0.830. The summed E-state index contributed by atoms with van der Waals surface area (Å²) < 4.78 is 2.39.